The Morgan fingerprint density at radius 2 is 1.43 bits per heavy atom. The van der Waals surface area contributed by atoms with Crippen LogP contribution in [0.5, 0.6) is 0 Å². The normalized spacial score (nSPS) is 28.7. The van der Waals surface area contributed by atoms with Crippen LogP contribution in [0.4, 0.5) is 0 Å². The lowest BCUT2D eigenvalue weighted by Crippen LogP contribution is -2.52. The highest BCUT2D eigenvalue weighted by atomic mass is 16.3. The van der Waals surface area contributed by atoms with Gasteiger partial charge in [-0.2, -0.15) is 0 Å². The first-order chi connectivity index (χ1) is 6.18. The van der Waals surface area contributed by atoms with Gasteiger partial charge in [-0.3, -0.25) is 0 Å². The molecule has 0 radical (unpaired) electrons. The van der Waals surface area contributed by atoms with Gasteiger partial charge in [0.1, 0.15) is 0 Å². The molecule has 3 N–H and O–H groups in total. The van der Waals surface area contributed by atoms with Crippen molar-refractivity contribution in [1.82, 2.24) is 0 Å². The van der Waals surface area contributed by atoms with Gasteiger partial charge in [0.15, 0.2) is 0 Å². The zero-order valence-corrected chi connectivity index (χ0v) is 10.1. The molecule has 2 heteroatoms. The average Bonchev–Trinajstić information content (AvgIpc) is 1.75. The summed E-state index contributed by atoms with van der Waals surface area (Å²) in [5.41, 5.74) is 6.83. The highest BCUT2D eigenvalue weighted by Crippen LogP contribution is 2.49. The molecule has 0 aromatic heterocycles. The summed E-state index contributed by atoms with van der Waals surface area (Å²) in [7, 11) is 0. The molecular formula is C12H25NO. The van der Waals surface area contributed by atoms with E-state index in [4.69, 9.17) is 10.8 Å². The summed E-state index contributed by atoms with van der Waals surface area (Å²) in [6, 6.07) is 0. The maximum atomic E-state index is 9.04. The predicted octanol–water partition coefficient (Wildman–Crippen LogP) is 2.30. The third-order valence-corrected chi connectivity index (χ3v) is 3.23. The minimum absolute atomic E-state index is 0.153. The van der Waals surface area contributed by atoms with Crippen molar-refractivity contribution in [2.45, 2.75) is 58.9 Å². The summed E-state index contributed by atoms with van der Waals surface area (Å²) in [6.07, 6.45) is 4.03. The Kier molecular flexibility index (Phi) is 2.99. The summed E-state index contributed by atoms with van der Waals surface area (Å²) in [6.45, 7) is 9.35. The molecule has 0 spiro atoms. The summed E-state index contributed by atoms with van der Waals surface area (Å²) >= 11 is 0. The van der Waals surface area contributed by atoms with Crippen LogP contribution in [0.1, 0.15) is 53.4 Å². The van der Waals surface area contributed by atoms with Gasteiger partial charge in [-0.1, -0.05) is 27.7 Å². The van der Waals surface area contributed by atoms with Crippen molar-refractivity contribution in [1.29, 1.82) is 0 Å². The Morgan fingerprint density at radius 3 is 1.79 bits per heavy atom. The molecule has 0 heterocycles. The van der Waals surface area contributed by atoms with Crippen molar-refractivity contribution < 1.29 is 5.11 Å². The molecule has 1 saturated carbocycles. The molecule has 0 aliphatic heterocycles. The second kappa shape index (κ2) is 3.49. The van der Waals surface area contributed by atoms with Gasteiger partial charge >= 0.3 is 0 Å². The number of rotatable bonds is 2. The number of hydrogen-bond acceptors (Lipinski definition) is 2. The van der Waals surface area contributed by atoms with Crippen LogP contribution in [0, 0.1) is 10.8 Å². The van der Waals surface area contributed by atoms with Crippen LogP contribution in [0.2, 0.25) is 0 Å². The van der Waals surface area contributed by atoms with E-state index in [1.165, 1.54) is 6.42 Å². The zero-order chi connectivity index (χ0) is 11.0. The van der Waals surface area contributed by atoms with Gasteiger partial charge in [0.05, 0.1) is 0 Å². The van der Waals surface area contributed by atoms with Crippen LogP contribution in [0.3, 0.4) is 0 Å². The maximum Gasteiger partial charge on any atom is 0.0448 e. The Balaban J connectivity index is 2.80. The lowest BCUT2D eigenvalue weighted by Gasteiger charge is -2.50. The van der Waals surface area contributed by atoms with E-state index in [1.807, 2.05) is 0 Å². The number of nitrogens with two attached hydrogens (primary N) is 1. The van der Waals surface area contributed by atoms with Crippen LogP contribution in [0.25, 0.3) is 0 Å². The molecule has 0 unspecified atom stereocenters. The van der Waals surface area contributed by atoms with Crippen LogP contribution in [-0.2, 0) is 0 Å². The molecule has 84 valence electrons. The topological polar surface area (TPSA) is 46.2 Å². The van der Waals surface area contributed by atoms with E-state index >= 15 is 0 Å². The fraction of sp³-hybridized carbons (Fsp3) is 1.00. The van der Waals surface area contributed by atoms with E-state index < -0.39 is 0 Å². The molecule has 0 aromatic rings. The van der Waals surface area contributed by atoms with Gasteiger partial charge in [0.25, 0.3) is 0 Å². The minimum atomic E-state index is -0.153. The van der Waals surface area contributed by atoms with Crippen molar-refractivity contribution in [3.8, 4) is 0 Å². The second-order valence-corrected chi connectivity index (χ2v) is 6.69. The molecule has 1 aliphatic rings. The molecule has 14 heavy (non-hydrogen) atoms. The Labute approximate surface area is 87.9 Å². The fourth-order valence-electron chi connectivity index (χ4n) is 3.79. The average molecular weight is 199 g/mol. The van der Waals surface area contributed by atoms with E-state index in [1.54, 1.807) is 0 Å². The quantitative estimate of drug-likeness (QED) is 0.717. The highest BCUT2D eigenvalue weighted by Gasteiger charge is 2.44. The van der Waals surface area contributed by atoms with Gasteiger partial charge in [-0.25, -0.2) is 0 Å². The molecular weight excluding hydrogens is 174 g/mol. The molecule has 0 bridgehead atoms. The first-order valence-electron chi connectivity index (χ1n) is 5.58. The van der Waals surface area contributed by atoms with Crippen molar-refractivity contribution >= 4 is 0 Å². The number of hydrogen-bond donors (Lipinski definition) is 2. The van der Waals surface area contributed by atoms with Crippen LogP contribution < -0.4 is 5.73 Å². The zero-order valence-electron chi connectivity index (χ0n) is 10.1. The summed E-state index contributed by atoms with van der Waals surface area (Å²) in [4.78, 5) is 0. The van der Waals surface area contributed by atoms with Gasteiger partial charge in [-0.05, 0) is 36.5 Å². The molecule has 1 rings (SSSR count). The number of aliphatic hydroxyl groups excluding tert-OH is 1. The third-order valence-electron chi connectivity index (χ3n) is 3.23. The monoisotopic (exact) mass is 199 g/mol. The number of aliphatic hydroxyl groups is 1. The molecule has 1 aliphatic carbocycles. The smallest absolute Gasteiger partial charge is 0.0448 e. The molecule has 0 aromatic carbocycles. The largest absolute Gasteiger partial charge is 0.396 e. The molecule has 0 amide bonds. The van der Waals surface area contributed by atoms with Gasteiger partial charge in [0, 0.05) is 12.1 Å². The third kappa shape index (κ3) is 2.96. The van der Waals surface area contributed by atoms with E-state index in [-0.39, 0.29) is 12.1 Å². The van der Waals surface area contributed by atoms with E-state index in [0.29, 0.717) is 10.8 Å². The maximum absolute atomic E-state index is 9.04. The SMILES string of the molecule is CC1(C)CC(C)(C)CC(N)(CCO)C1. The minimum Gasteiger partial charge on any atom is -0.396 e. The van der Waals surface area contributed by atoms with Crippen LogP contribution in [0.15, 0.2) is 0 Å². The molecule has 2 nitrogen and oxygen atoms in total. The van der Waals surface area contributed by atoms with Crippen molar-refractivity contribution in [3.63, 3.8) is 0 Å². The van der Waals surface area contributed by atoms with Gasteiger partial charge < -0.3 is 10.8 Å². The lowest BCUT2D eigenvalue weighted by molar-refractivity contribution is 0.0360. The Hall–Kier alpha value is -0.0800. The summed E-state index contributed by atoms with van der Waals surface area (Å²) in [5, 5.41) is 9.04. The van der Waals surface area contributed by atoms with Crippen LogP contribution in [-0.4, -0.2) is 17.3 Å². The van der Waals surface area contributed by atoms with E-state index in [9.17, 15) is 0 Å². The van der Waals surface area contributed by atoms with E-state index in [2.05, 4.69) is 27.7 Å². The predicted molar refractivity (Wildman–Crippen MR) is 60.0 cm³/mol. The van der Waals surface area contributed by atoms with Crippen molar-refractivity contribution in [3.05, 3.63) is 0 Å². The fourth-order valence-corrected chi connectivity index (χ4v) is 3.79. The molecule has 1 fully saturated rings. The lowest BCUT2D eigenvalue weighted by atomic mass is 9.58. The van der Waals surface area contributed by atoms with E-state index in [0.717, 1.165) is 19.3 Å². The molecule has 0 saturated heterocycles. The first-order valence-corrected chi connectivity index (χ1v) is 5.58. The summed E-state index contributed by atoms with van der Waals surface area (Å²) in [5.74, 6) is 0. The standard InChI is InChI=1S/C12H25NO/c1-10(2)7-11(3,4)9-12(13,8-10)5-6-14/h14H,5-9,13H2,1-4H3. The Morgan fingerprint density at radius 1 is 1.00 bits per heavy atom. The Bertz CT molecular complexity index is 192. The molecule has 0 atom stereocenters. The summed E-state index contributed by atoms with van der Waals surface area (Å²) < 4.78 is 0. The van der Waals surface area contributed by atoms with Crippen LogP contribution >= 0.6 is 0 Å². The highest BCUT2D eigenvalue weighted by molar-refractivity contribution is 5.00. The van der Waals surface area contributed by atoms with Gasteiger partial charge in [0.2, 0.25) is 0 Å². The van der Waals surface area contributed by atoms with Crippen molar-refractivity contribution in [2.24, 2.45) is 16.6 Å². The second-order valence-electron chi connectivity index (χ2n) is 6.69. The van der Waals surface area contributed by atoms with Crippen molar-refractivity contribution in [2.75, 3.05) is 6.61 Å². The van der Waals surface area contributed by atoms with Gasteiger partial charge in [-0.15, -0.1) is 0 Å². The first kappa shape index (κ1) is 12.0.